The molecule has 0 N–H and O–H groups in total. The summed E-state index contributed by atoms with van der Waals surface area (Å²) in [6.45, 7) is 1.16. The standard InChI is InChI=1S/C15H16ClNO2/c1-2-8-15(16)9-11-17(12-10-15)14(18)19-13-6-4-3-5-7-13/h1,3-7H,8-12H2. The number of ether oxygens (including phenoxy) is 1. The second-order valence-electron chi connectivity index (χ2n) is 4.70. The molecule has 0 spiro atoms. The number of carbonyl (C=O) groups is 1. The Kier molecular flexibility index (Phi) is 4.34. The van der Waals surface area contributed by atoms with Crippen LogP contribution in [0.3, 0.4) is 0 Å². The molecule has 0 unspecified atom stereocenters. The molecular formula is C15H16ClNO2. The number of alkyl halides is 1. The van der Waals surface area contributed by atoms with Gasteiger partial charge in [-0.1, -0.05) is 18.2 Å². The third kappa shape index (κ3) is 3.65. The third-order valence-electron chi connectivity index (χ3n) is 3.28. The molecule has 0 saturated carbocycles. The zero-order valence-electron chi connectivity index (χ0n) is 10.6. The molecule has 1 saturated heterocycles. The van der Waals surface area contributed by atoms with Crippen LogP contribution in [0.4, 0.5) is 4.79 Å². The molecule has 19 heavy (non-hydrogen) atoms. The van der Waals surface area contributed by atoms with E-state index in [0.29, 0.717) is 38.1 Å². The monoisotopic (exact) mass is 277 g/mol. The zero-order chi connectivity index (χ0) is 13.7. The number of halogens is 1. The van der Waals surface area contributed by atoms with Crippen LogP contribution in [0, 0.1) is 12.3 Å². The molecule has 1 aliphatic heterocycles. The number of rotatable bonds is 2. The maximum absolute atomic E-state index is 12.0. The summed E-state index contributed by atoms with van der Waals surface area (Å²) in [5.41, 5.74) is 0. The molecule has 0 atom stereocenters. The SMILES string of the molecule is C#CCC1(Cl)CCN(C(=O)Oc2ccccc2)CC1. The number of amides is 1. The summed E-state index contributed by atoms with van der Waals surface area (Å²) in [6, 6.07) is 9.04. The highest BCUT2D eigenvalue weighted by Gasteiger charge is 2.34. The highest BCUT2D eigenvalue weighted by Crippen LogP contribution is 2.32. The number of carbonyl (C=O) groups excluding carboxylic acids is 1. The molecule has 0 radical (unpaired) electrons. The van der Waals surface area contributed by atoms with Crippen molar-refractivity contribution in [2.24, 2.45) is 0 Å². The Labute approximate surface area is 118 Å². The maximum Gasteiger partial charge on any atom is 0.415 e. The van der Waals surface area contributed by atoms with Gasteiger partial charge in [0.1, 0.15) is 5.75 Å². The molecule has 2 rings (SSSR count). The van der Waals surface area contributed by atoms with Gasteiger partial charge in [0.25, 0.3) is 0 Å². The van der Waals surface area contributed by atoms with Crippen LogP contribution >= 0.6 is 11.6 Å². The largest absolute Gasteiger partial charge is 0.415 e. The predicted octanol–water partition coefficient (Wildman–Crippen LogP) is 3.28. The minimum atomic E-state index is -0.363. The highest BCUT2D eigenvalue weighted by atomic mass is 35.5. The van der Waals surface area contributed by atoms with Crippen molar-refractivity contribution >= 4 is 17.7 Å². The average Bonchev–Trinajstić information content (AvgIpc) is 2.40. The maximum atomic E-state index is 12.0. The van der Waals surface area contributed by atoms with Gasteiger partial charge in [-0.25, -0.2) is 4.79 Å². The molecule has 0 aliphatic carbocycles. The molecule has 0 aromatic heterocycles. The van der Waals surface area contributed by atoms with E-state index in [1.165, 1.54) is 0 Å². The lowest BCUT2D eigenvalue weighted by Crippen LogP contribution is -2.45. The Hall–Kier alpha value is -1.66. The molecule has 1 aliphatic rings. The lowest BCUT2D eigenvalue weighted by molar-refractivity contribution is 0.135. The van der Waals surface area contributed by atoms with E-state index in [-0.39, 0.29) is 11.0 Å². The Morgan fingerprint density at radius 3 is 2.58 bits per heavy atom. The number of piperidine rings is 1. The molecule has 100 valence electrons. The van der Waals surface area contributed by atoms with Crippen molar-refractivity contribution in [3.8, 4) is 18.1 Å². The van der Waals surface area contributed by atoms with Crippen molar-refractivity contribution in [3.63, 3.8) is 0 Å². The van der Waals surface area contributed by atoms with E-state index in [9.17, 15) is 4.79 Å². The smallest absolute Gasteiger partial charge is 0.410 e. The van der Waals surface area contributed by atoms with Crippen LogP contribution in [-0.2, 0) is 0 Å². The van der Waals surface area contributed by atoms with Gasteiger partial charge in [-0.15, -0.1) is 23.9 Å². The van der Waals surface area contributed by atoms with Crippen molar-refractivity contribution in [1.29, 1.82) is 0 Å². The van der Waals surface area contributed by atoms with Crippen LogP contribution in [0.1, 0.15) is 19.3 Å². The van der Waals surface area contributed by atoms with Crippen molar-refractivity contribution in [3.05, 3.63) is 30.3 Å². The van der Waals surface area contributed by atoms with Gasteiger partial charge in [-0.3, -0.25) is 0 Å². The topological polar surface area (TPSA) is 29.5 Å². The number of likely N-dealkylation sites (tertiary alicyclic amines) is 1. The van der Waals surface area contributed by atoms with Gasteiger partial charge in [0.2, 0.25) is 0 Å². The second-order valence-corrected chi connectivity index (χ2v) is 5.50. The number of hydrogen-bond donors (Lipinski definition) is 0. The van der Waals surface area contributed by atoms with Gasteiger partial charge >= 0.3 is 6.09 Å². The molecule has 1 aromatic rings. The summed E-state index contributed by atoms with van der Waals surface area (Å²) in [6.07, 6.45) is 6.91. The quantitative estimate of drug-likeness (QED) is 0.613. The number of hydrogen-bond acceptors (Lipinski definition) is 2. The van der Waals surface area contributed by atoms with Gasteiger partial charge < -0.3 is 9.64 Å². The minimum absolute atomic E-state index is 0.328. The molecule has 1 aromatic carbocycles. The van der Waals surface area contributed by atoms with E-state index in [2.05, 4.69) is 5.92 Å². The normalized spacial score (nSPS) is 17.6. The molecular weight excluding hydrogens is 262 g/mol. The highest BCUT2D eigenvalue weighted by molar-refractivity contribution is 6.24. The van der Waals surface area contributed by atoms with Gasteiger partial charge in [0, 0.05) is 19.5 Å². The number of nitrogens with zero attached hydrogens (tertiary/aromatic N) is 1. The first-order valence-corrected chi connectivity index (χ1v) is 6.65. The molecule has 1 fully saturated rings. The van der Waals surface area contributed by atoms with Gasteiger partial charge in [0.05, 0.1) is 4.87 Å². The fraction of sp³-hybridized carbons (Fsp3) is 0.400. The number of terminal acetylenes is 1. The summed E-state index contributed by atoms with van der Waals surface area (Å²) in [5, 5.41) is 0. The van der Waals surface area contributed by atoms with Crippen molar-refractivity contribution in [2.75, 3.05) is 13.1 Å². The first-order valence-electron chi connectivity index (χ1n) is 6.27. The van der Waals surface area contributed by atoms with Crippen LogP contribution < -0.4 is 4.74 Å². The van der Waals surface area contributed by atoms with Gasteiger partial charge in [-0.2, -0.15) is 0 Å². The van der Waals surface area contributed by atoms with Crippen molar-refractivity contribution < 1.29 is 9.53 Å². The van der Waals surface area contributed by atoms with E-state index >= 15 is 0 Å². The Balaban J connectivity index is 1.88. The van der Waals surface area contributed by atoms with Crippen molar-refractivity contribution in [2.45, 2.75) is 24.1 Å². The Morgan fingerprint density at radius 1 is 1.37 bits per heavy atom. The van der Waals surface area contributed by atoms with Gasteiger partial charge in [0.15, 0.2) is 0 Å². The van der Waals surface area contributed by atoms with E-state index in [1.54, 1.807) is 17.0 Å². The van der Waals surface area contributed by atoms with E-state index < -0.39 is 0 Å². The molecule has 1 amide bonds. The predicted molar refractivity (Wildman–Crippen MR) is 75.3 cm³/mol. The summed E-state index contributed by atoms with van der Waals surface area (Å²) in [5.74, 6) is 3.15. The summed E-state index contributed by atoms with van der Waals surface area (Å²) >= 11 is 6.38. The van der Waals surface area contributed by atoms with E-state index in [4.69, 9.17) is 22.8 Å². The second kappa shape index (κ2) is 5.99. The average molecular weight is 278 g/mol. The molecule has 4 heteroatoms. The first kappa shape index (κ1) is 13.8. The lowest BCUT2D eigenvalue weighted by atomic mass is 9.93. The first-order chi connectivity index (χ1) is 9.13. The van der Waals surface area contributed by atoms with Crippen LogP contribution in [0.15, 0.2) is 30.3 Å². The Morgan fingerprint density at radius 2 is 2.00 bits per heavy atom. The summed E-state index contributed by atoms with van der Waals surface area (Å²) in [7, 11) is 0. The summed E-state index contributed by atoms with van der Waals surface area (Å²) < 4.78 is 5.29. The zero-order valence-corrected chi connectivity index (χ0v) is 11.4. The fourth-order valence-electron chi connectivity index (χ4n) is 2.10. The third-order valence-corrected chi connectivity index (χ3v) is 3.80. The lowest BCUT2D eigenvalue weighted by Gasteiger charge is -2.35. The number of benzene rings is 1. The van der Waals surface area contributed by atoms with Crippen molar-refractivity contribution in [1.82, 2.24) is 4.90 Å². The molecule has 3 nitrogen and oxygen atoms in total. The van der Waals surface area contributed by atoms with E-state index in [0.717, 1.165) is 0 Å². The van der Waals surface area contributed by atoms with Gasteiger partial charge in [-0.05, 0) is 25.0 Å². The summed E-state index contributed by atoms with van der Waals surface area (Å²) in [4.78, 5) is 13.3. The van der Waals surface area contributed by atoms with Crippen LogP contribution in [0.25, 0.3) is 0 Å². The molecule has 1 heterocycles. The van der Waals surface area contributed by atoms with Crippen LogP contribution in [-0.4, -0.2) is 29.0 Å². The van der Waals surface area contributed by atoms with Crippen LogP contribution in [0.2, 0.25) is 0 Å². The number of para-hydroxylation sites is 1. The minimum Gasteiger partial charge on any atom is -0.410 e. The van der Waals surface area contributed by atoms with Crippen LogP contribution in [0.5, 0.6) is 5.75 Å². The Bertz CT molecular complexity index is 473. The van der Waals surface area contributed by atoms with E-state index in [1.807, 2.05) is 18.2 Å². The molecule has 0 bridgehead atoms. The fourth-order valence-corrected chi connectivity index (χ4v) is 2.35.